The van der Waals surface area contributed by atoms with Crippen LogP contribution in [0.5, 0.6) is 0 Å². The minimum atomic E-state index is -0.200. The van der Waals surface area contributed by atoms with Crippen LogP contribution in [-0.2, 0) is 6.42 Å². The molecule has 1 aromatic rings. The van der Waals surface area contributed by atoms with Gasteiger partial charge in [0.15, 0.2) is 0 Å². The van der Waals surface area contributed by atoms with Gasteiger partial charge < -0.3 is 5.73 Å². The van der Waals surface area contributed by atoms with E-state index in [4.69, 9.17) is 5.73 Å². The van der Waals surface area contributed by atoms with E-state index in [1.54, 1.807) is 12.1 Å². The Morgan fingerprint density at radius 1 is 1.31 bits per heavy atom. The molecule has 1 atom stereocenters. The summed E-state index contributed by atoms with van der Waals surface area (Å²) in [4.78, 5) is 0. The highest BCUT2D eigenvalue weighted by Gasteiger charge is 2.09. The molecule has 0 saturated heterocycles. The molecule has 1 nitrogen and oxygen atoms in total. The molecule has 1 aromatic carbocycles. The van der Waals surface area contributed by atoms with E-state index in [-0.39, 0.29) is 11.9 Å². The first-order chi connectivity index (χ1) is 7.49. The molecule has 1 rings (SSSR count). The number of benzene rings is 1. The second kappa shape index (κ2) is 6.36. The molecular formula is C13H19BrFN. The van der Waals surface area contributed by atoms with Crippen LogP contribution < -0.4 is 5.73 Å². The molecule has 0 aromatic heterocycles. The number of halogens is 2. The zero-order valence-corrected chi connectivity index (χ0v) is 11.4. The van der Waals surface area contributed by atoms with Crippen molar-refractivity contribution in [2.75, 3.05) is 0 Å². The first-order valence-corrected chi connectivity index (χ1v) is 6.48. The lowest BCUT2D eigenvalue weighted by Crippen LogP contribution is -2.23. The Hall–Kier alpha value is -0.410. The maximum atomic E-state index is 13.1. The highest BCUT2D eigenvalue weighted by molar-refractivity contribution is 9.10. The van der Waals surface area contributed by atoms with Gasteiger partial charge in [-0.15, -0.1) is 0 Å². The molecule has 0 aliphatic carbocycles. The van der Waals surface area contributed by atoms with Crippen molar-refractivity contribution in [1.29, 1.82) is 0 Å². The maximum absolute atomic E-state index is 13.1. The summed E-state index contributed by atoms with van der Waals surface area (Å²) in [7, 11) is 0. The molecule has 1 unspecified atom stereocenters. The van der Waals surface area contributed by atoms with E-state index in [0.29, 0.717) is 5.92 Å². The SMILES string of the molecule is CC(C)CCC(N)Cc1cc(F)ccc1Br. The van der Waals surface area contributed by atoms with Crippen LogP contribution in [0.2, 0.25) is 0 Å². The van der Waals surface area contributed by atoms with Gasteiger partial charge in [0.2, 0.25) is 0 Å². The van der Waals surface area contributed by atoms with Crippen molar-refractivity contribution in [3.05, 3.63) is 34.1 Å². The van der Waals surface area contributed by atoms with Crippen molar-refractivity contribution in [1.82, 2.24) is 0 Å². The van der Waals surface area contributed by atoms with Crippen molar-refractivity contribution >= 4 is 15.9 Å². The van der Waals surface area contributed by atoms with Gasteiger partial charge in [0.25, 0.3) is 0 Å². The molecular weight excluding hydrogens is 269 g/mol. The van der Waals surface area contributed by atoms with Crippen LogP contribution >= 0.6 is 15.9 Å². The first kappa shape index (κ1) is 13.7. The first-order valence-electron chi connectivity index (χ1n) is 5.68. The van der Waals surface area contributed by atoms with Gasteiger partial charge in [-0.1, -0.05) is 29.8 Å². The van der Waals surface area contributed by atoms with Crippen molar-refractivity contribution in [3.8, 4) is 0 Å². The monoisotopic (exact) mass is 287 g/mol. The van der Waals surface area contributed by atoms with E-state index in [2.05, 4.69) is 29.8 Å². The summed E-state index contributed by atoms with van der Waals surface area (Å²) < 4.78 is 14.0. The van der Waals surface area contributed by atoms with Crippen molar-refractivity contribution < 1.29 is 4.39 Å². The minimum Gasteiger partial charge on any atom is -0.327 e. The molecule has 16 heavy (non-hydrogen) atoms. The molecule has 0 aliphatic rings. The Bertz CT molecular complexity index is 339. The highest BCUT2D eigenvalue weighted by Crippen LogP contribution is 2.20. The molecule has 0 saturated carbocycles. The van der Waals surface area contributed by atoms with Gasteiger partial charge in [-0.2, -0.15) is 0 Å². The van der Waals surface area contributed by atoms with Crippen LogP contribution in [0.1, 0.15) is 32.3 Å². The van der Waals surface area contributed by atoms with Gasteiger partial charge >= 0.3 is 0 Å². The quantitative estimate of drug-likeness (QED) is 0.874. The van der Waals surface area contributed by atoms with Crippen LogP contribution in [-0.4, -0.2) is 6.04 Å². The van der Waals surface area contributed by atoms with E-state index >= 15 is 0 Å². The lowest BCUT2D eigenvalue weighted by atomic mass is 9.98. The van der Waals surface area contributed by atoms with Gasteiger partial charge in [-0.3, -0.25) is 0 Å². The van der Waals surface area contributed by atoms with E-state index in [1.165, 1.54) is 6.07 Å². The van der Waals surface area contributed by atoms with Gasteiger partial charge in [-0.25, -0.2) is 4.39 Å². The lowest BCUT2D eigenvalue weighted by Gasteiger charge is -2.14. The second-order valence-electron chi connectivity index (χ2n) is 4.67. The van der Waals surface area contributed by atoms with Crippen molar-refractivity contribution in [2.24, 2.45) is 11.7 Å². The Morgan fingerprint density at radius 2 is 2.00 bits per heavy atom. The van der Waals surface area contributed by atoms with Gasteiger partial charge in [0.1, 0.15) is 5.82 Å². The molecule has 0 fully saturated rings. The highest BCUT2D eigenvalue weighted by atomic mass is 79.9. The van der Waals surface area contributed by atoms with Crippen LogP contribution in [0.25, 0.3) is 0 Å². The molecule has 2 N–H and O–H groups in total. The molecule has 0 aliphatic heterocycles. The standard InChI is InChI=1S/C13H19BrFN/c1-9(2)3-5-12(16)8-10-7-11(15)4-6-13(10)14/h4,6-7,9,12H,3,5,8,16H2,1-2H3. The van der Waals surface area contributed by atoms with E-state index in [1.807, 2.05) is 0 Å². The van der Waals surface area contributed by atoms with Crippen molar-refractivity contribution in [3.63, 3.8) is 0 Å². The summed E-state index contributed by atoms with van der Waals surface area (Å²) in [6.45, 7) is 4.37. The summed E-state index contributed by atoms with van der Waals surface area (Å²) in [5.74, 6) is 0.469. The summed E-state index contributed by atoms with van der Waals surface area (Å²) in [5, 5.41) is 0. The predicted octanol–water partition coefficient (Wildman–Crippen LogP) is 3.89. The Labute approximate surface area is 105 Å². The van der Waals surface area contributed by atoms with E-state index in [9.17, 15) is 4.39 Å². The number of hydrogen-bond acceptors (Lipinski definition) is 1. The average Bonchev–Trinajstić information content (AvgIpc) is 2.20. The average molecular weight is 288 g/mol. The Balaban J connectivity index is 2.55. The fraction of sp³-hybridized carbons (Fsp3) is 0.538. The zero-order valence-electron chi connectivity index (χ0n) is 9.84. The summed E-state index contributed by atoms with van der Waals surface area (Å²) in [5.41, 5.74) is 6.98. The lowest BCUT2D eigenvalue weighted by molar-refractivity contribution is 0.493. The summed E-state index contributed by atoms with van der Waals surface area (Å²) in [6, 6.07) is 4.85. The van der Waals surface area contributed by atoms with Gasteiger partial charge in [0, 0.05) is 10.5 Å². The normalized spacial score (nSPS) is 13.1. The summed E-state index contributed by atoms with van der Waals surface area (Å²) in [6.07, 6.45) is 2.83. The molecule has 0 bridgehead atoms. The number of nitrogens with two attached hydrogens (primary N) is 1. The molecule has 0 heterocycles. The minimum absolute atomic E-state index is 0.112. The third-order valence-corrected chi connectivity index (χ3v) is 3.38. The molecule has 0 amide bonds. The fourth-order valence-corrected chi connectivity index (χ4v) is 2.04. The van der Waals surface area contributed by atoms with Gasteiger partial charge in [0.05, 0.1) is 0 Å². The third-order valence-electron chi connectivity index (χ3n) is 2.60. The molecule has 0 spiro atoms. The largest absolute Gasteiger partial charge is 0.327 e. The Kier molecular flexibility index (Phi) is 5.42. The summed E-state index contributed by atoms with van der Waals surface area (Å²) >= 11 is 3.42. The maximum Gasteiger partial charge on any atom is 0.123 e. The van der Waals surface area contributed by atoms with E-state index < -0.39 is 0 Å². The van der Waals surface area contributed by atoms with Crippen LogP contribution in [0.3, 0.4) is 0 Å². The fourth-order valence-electron chi connectivity index (χ4n) is 1.63. The number of rotatable bonds is 5. The third kappa shape index (κ3) is 4.62. The second-order valence-corrected chi connectivity index (χ2v) is 5.53. The van der Waals surface area contributed by atoms with E-state index in [0.717, 1.165) is 29.3 Å². The van der Waals surface area contributed by atoms with Crippen LogP contribution in [0.15, 0.2) is 22.7 Å². The molecule has 0 radical (unpaired) electrons. The zero-order chi connectivity index (χ0) is 12.1. The van der Waals surface area contributed by atoms with Gasteiger partial charge in [-0.05, 0) is 48.9 Å². The van der Waals surface area contributed by atoms with Crippen LogP contribution in [0.4, 0.5) is 4.39 Å². The van der Waals surface area contributed by atoms with Crippen LogP contribution in [0, 0.1) is 11.7 Å². The number of hydrogen-bond donors (Lipinski definition) is 1. The predicted molar refractivity (Wildman–Crippen MR) is 69.9 cm³/mol. The Morgan fingerprint density at radius 3 is 2.62 bits per heavy atom. The molecule has 90 valence electrons. The molecule has 3 heteroatoms. The van der Waals surface area contributed by atoms with Crippen molar-refractivity contribution in [2.45, 2.75) is 39.2 Å². The smallest absolute Gasteiger partial charge is 0.123 e. The topological polar surface area (TPSA) is 26.0 Å².